The molecular weight excluding hydrogens is 264 g/mol. The Kier molecular flexibility index (Phi) is 5.08. The normalized spacial score (nSPS) is 11.9. The lowest BCUT2D eigenvalue weighted by molar-refractivity contribution is 0.0963. The summed E-state index contributed by atoms with van der Waals surface area (Å²) in [5, 5.41) is 2.09. The standard InChI is InChI=1S/C13H20N2O3S/c1-10(2)19(17,18)15(4)9-11-5-7-12(8-6-11)13(16)14-3/h5-8,10H,9H2,1-4H3,(H,14,16). The van der Waals surface area contributed by atoms with Crippen LogP contribution in [0, 0.1) is 0 Å². The minimum Gasteiger partial charge on any atom is -0.355 e. The minimum atomic E-state index is -3.25. The van der Waals surface area contributed by atoms with Crippen LogP contribution in [0.25, 0.3) is 0 Å². The lowest BCUT2D eigenvalue weighted by Crippen LogP contribution is -2.32. The number of hydrogen-bond donors (Lipinski definition) is 1. The Morgan fingerprint density at radius 2 is 1.79 bits per heavy atom. The largest absolute Gasteiger partial charge is 0.355 e. The average molecular weight is 284 g/mol. The van der Waals surface area contributed by atoms with Crippen LogP contribution in [0.5, 0.6) is 0 Å². The maximum Gasteiger partial charge on any atom is 0.251 e. The predicted octanol–water partition coefficient (Wildman–Crippen LogP) is 1.22. The van der Waals surface area contributed by atoms with Crippen LogP contribution in [0.2, 0.25) is 0 Å². The maximum absolute atomic E-state index is 11.9. The Morgan fingerprint density at radius 3 is 2.21 bits per heavy atom. The van der Waals surface area contributed by atoms with Crippen molar-refractivity contribution < 1.29 is 13.2 Å². The zero-order valence-corrected chi connectivity index (χ0v) is 12.5. The molecule has 1 aromatic rings. The monoisotopic (exact) mass is 284 g/mol. The lowest BCUT2D eigenvalue weighted by Gasteiger charge is -2.19. The summed E-state index contributed by atoms with van der Waals surface area (Å²) in [6.45, 7) is 3.61. The number of amides is 1. The fourth-order valence-corrected chi connectivity index (χ4v) is 2.66. The first-order chi connectivity index (χ1) is 8.78. The number of nitrogens with one attached hydrogen (secondary N) is 1. The number of rotatable bonds is 5. The van der Waals surface area contributed by atoms with Gasteiger partial charge in [0.25, 0.3) is 5.91 Å². The van der Waals surface area contributed by atoms with E-state index in [1.165, 1.54) is 4.31 Å². The third-order valence-electron chi connectivity index (χ3n) is 2.88. The number of nitrogens with zero attached hydrogens (tertiary/aromatic N) is 1. The molecule has 1 N–H and O–H groups in total. The van der Waals surface area contributed by atoms with Gasteiger partial charge >= 0.3 is 0 Å². The van der Waals surface area contributed by atoms with E-state index in [2.05, 4.69) is 5.32 Å². The zero-order chi connectivity index (χ0) is 14.6. The third kappa shape index (κ3) is 3.78. The highest BCUT2D eigenvalue weighted by atomic mass is 32.2. The van der Waals surface area contributed by atoms with E-state index in [9.17, 15) is 13.2 Å². The Bertz CT molecular complexity index is 536. The topological polar surface area (TPSA) is 66.5 Å². The Morgan fingerprint density at radius 1 is 1.26 bits per heavy atom. The molecule has 0 bridgehead atoms. The van der Waals surface area contributed by atoms with Gasteiger partial charge in [-0.2, -0.15) is 0 Å². The molecule has 0 aliphatic heterocycles. The van der Waals surface area contributed by atoms with Gasteiger partial charge in [0.05, 0.1) is 5.25 Å². The highest BCUT2D eigenvalue weighted by Gasteiger charge is 2.22. The molecule has 0 aliphatic rings. The van der Waals surface area contributed by atoms with Crippen molar-refractivity contribution >= 4 is 15.9 Å². The first-order valence-electron chi connectivity index (χ1n) is 6.05. The van der Waals surface area contributed by atoms with E-state index < -0.39 is 15.3 Å². The molecule has 6 heteroatoms. The van der Waals surface area contributed by atoms with E-state index in [4.69, 9.17) is 0 Å². The van der Waals surface area contributed by atoms with E-state index in [1.807, 2.05) is 0 Å². The van der Waals surface area contributed by atoms with Gasteiger partial charge in [-0.3, -0.25) is 4.79 Å². The highest BCUT2D eigenvalue weighted by molar-refractivity contribution is 7.89. The van der Waals surface area contributed by atoms with E-state index in [0.717, 1.165) is 5.56 Å². The molecule has 0 unspecified atom stereocenters. The van der Waals surface area contributed by atoms with Gasteiger partial charge in [0, 0.05) is 26.2 Å². The number of carbonyl (C=O) groups excluding carboxylic acids is 1. The van der Waals surface area contributed by atoms with Gasteiger partial charge < -0.3 is 5.32 Å². The first kappa shape index (κ1) is 15.7. The molecule has 1 rings (SSSR count). The summed E-state index contributed by atoms with van der Waals surface area (Å²) < 4.78 is 25.2. The Labute approximate surface area is 114 Å². The molecule has 0 fully saturated rings. The van der Waals surface area contributed by atoms with E-state index in [0.29, 0.717) is 12.1 Å². The molecule has 0 spiro atoms. The van der Waals surface area contributed by atoms with Crippen molar-refractivity contribution in [1.82, 2.24) is 9.62 Å². The molecule has 106 valence electrons. The average Bonchev–Trinajstić information content (AvgIpc) is 2.38. The fraction of sp³-hybridized carbons (Fsp3) is 0.462. The summed E-state index contributed by atoms with van der Waals surface area (Å²) in [7, 11) is -0.126. The number of carbonyl (C=O) groups is 1. The van der Waals surface area contributed by atoms with Crippen molar-refractivity contribution in [1.29, 1.82) is 0 Å². The van der Waals surface area contributed by atoms with Crippen molar-refractivity contribution in [2.75, 3.05) is 14.1 Å². The van der Waals surface area contributed by atoms with Crippen LogP contribution >= 0.6 is 0 Å². The molecule has 5 nitrogen and oxygen atoms in total. The number of benzene rings is 1. The smallest absolute Gasteiger partial charge is 0.251 e. The molecular formula is C13H20N2O3S. The van der Waals surface area contributed by atoms with Crippen molar-refractivity contribution in [3.05, 3.63) is 35.4 Å². The van der Waals surface area contributed by atoms with Gasteiger partial charge in [0.1, 0.15) is 0 Å². The second kappa shape index (κ2) is 6.16. The van der Waals surface area contributed by atoms with Crippen LogP contribution < -0.4 is 5.32 Å². The molecule has 0 aliphatic carbocycles. The zero-order valence-electron chi connectivity index (χ0n) is 11.7. The second-order valence-electron chi connectivity index (χ2n) is 4.63. The lowest BCUT2D eigenvalue weighted by atomic mass is 10.1. The van der Waals surface area contributed by atoms with Crippen molar-refractivity contribution in [2.45, 2.75) is 25.6 Å². The van der Waals surface area contributed by atoms with E-state index >= 15 is 0 Å². The van der Waals surface area contributed by atoms with Gasteiger partial charge in [-0.25, -0.2) is 12.7 Å². The summed E-state index contributed by atoms with van der Waals surface area (Å²) in [6.07, 6.45) is 0. The quantitative estimate of drug-likeness (QED) is 0.884. The Balaban J connectivity index is 2.82. The van der Waals surface area contributed by atoms with Crippen molar-refractivity contribution in [2.24, 2.45) is 0 Å². The summed E-state index contributed by atoms with van der Waals surface area (Å²) in [5.41, 5.74) is 1.40. The van der Waals surface area contributed by atoms with Crippen molar-refractivity contribution in [3.63, 3.8) is 0 Å². The van der Waals surface area contributed by atoms with Gasteiger partial charge in [0.2, 0.25) is 10.0 Å². The predicted molar refractivity (Wildman–Crippen MR) is 75.4 cm³/mol. The first-order valence-corrected chi connectivity index (χ1v) is 7.55. The van der Waals surface area contributed by atoms with Crippen LogP contribution in [-0.4, -0.2) is 38.0 Å². The van der Waals surface area contributed by atoms with Crippen LogP contribution in [-0.2, 0) is 16.6 Å². The van der Waals surface area contributed by atoms with Crippen LogP contribution in [0.3, 0.4) is 0 Å². The molecule has 1 amide bonds. The third-order valence-corrected chi connectivity index (χ3v) is 5.07. The number of sulfonamides is 1. The SMILES string of the molecule is CNC(=O)c1ccc(CN(C)S(=O)(=O)C(C)C)cc1. The second-order valence-corrected chi connectivity index (χ2v) is 7.22. The fourth-order valence-electron chi connectivity index (χ4n) is 1.61. The van der Waals surface area contributed by atoms with Gasteiger partial charge in [-0.1, -0.05) is 12.1 Å². The summed E-state index contributed by atoms with van der Waals surface area (Å²) >= 11 is 0. The van der Waals surface area contributed by atoms with Gasteiger partial charge in [-0.05, 0) is 31.5 Å². The van der Waals surface area contributed by atoms with Crippen LogP contribution in [0.4, 0.5) is 0 Å². The number of hydrogen-bond acceptors (Lipinski definition) is 3. The molecule has 19 heavy (non-hydrogen) atoms. The Hall–Kier alpha value is -1.40. The molecule has 0 aromatic heterocycles. The highest BCUT2D eigenvalue weighted by Crippen LogP contribution is 2.12. The molecule has 1 aromatic carbocycles. The molecule has 0 heterocycles. The van der Waals surface area contributed by atoms with Crippen LogP contribution in [0.1, 0.15) is 29.8 Å². The molecule has 0 atom stereocenters. The molecule has 0 saturated heterocycles. The van der Waals surface area contributed by atoms with Gasteiger partial charge in [-0.15, -0.1) is 0 Å². The van der Waals surface area contributed by atoms with E-state index in [1.54, 1.807) is 52.2 Å². The molecule has 0 saturated carbocycles. The van der Waals surface area contributed by atoms with E-state index in [-0.39, 0.29) is 5.91 Å². The summed E-state index contributed by atoms with van der Waals surface area (Å²) in [5.74, 6) is -0.158. The summed E-state index contributed by atoms with van der Waals surface area (Å²) in [4.78, 5) is 11.4. The summed E-state index contributed by atoms with van der Waals surface area (Å²) in [6, 6.07) is 6.89. The molecule has 0 radical (unpaired) electrons. The van der Waals surface area contributed by atoms with Gasteiger partial charge in [0.15, 0.2) is 0 Å². The maximum atomic E-state index is 11.9. The van der Waals surface area contributed by atoms with Crippen LogP contribution in [0.15, 0.2) is 24.3 Å². The van der Waals surface area contributed by atoms with Crippen molar-refractivity contribution in [3.8, 4) is 0 Å². The minimum absolute atomic E-state index is 0.158.